The van der Waals surface area contributed by atoms with Crippen LogP contribution in [-0.4, -0.2) is 30.2 Å². The number of hydrogen-bond acceptors (Lipinski definition) is 4. The summed E-state index contributed by atoms with van der Waals surface area (Å²) in [5, 5.41) is 9.55. The van der Waals surface area contributed by atoms with Crippen molar-refractivity contribution in [2.75, 3.05) is 13.2 Å². The van der Waals surface area contributed by atoms with E-state index in [-0.39, 0.29) is 6.10 Å². The van der Waals surface area contributed by atoms with Gasteiger partial charge in [0.1, 0.15) is 12.9 Å². The van der Waals surface area contributed by atoms with Crippen LogP contribution in [0.2, 0.25) is 0 Å². The predicted octanol–water partition coefficient (Wildman–Crippen LogP) is 1.40. The molecule has 1 aliphatic heterocycles. The van der Waals surface area contributed by atoms with E-state index in [9.17, 15) is 5.11 Å². The van der Waals surface area contributed by atoms with E-state index in [0.717, 1.165) is 12.8 Å². The molecule has 4 heteroatoms. The van der Waals surface area contributed by atoms with Crippen LogP contribution in [0.4, 0.5) is 0 Å². The summed E-state index contributed by atoms with van der Waals surface area (Å²) < 4.78 is 16.0. The molecule has 1 N–H and O–H groups in total. The van der Waals surface area contributed by atoms with Crippen LogP contribution in [-0.2, 0) is 14.2 Å². The largest absolute Gasteiger partial charge is 0.457 e. The van der Waals surface area contributed by atoms with E-state index < -0.39 is 5.79 Å². The molecule has 0 radical (unpaired) electrons. The molecule has 2 rings (SSSR count). The molecule has 2 aliphatic rings. The Kier molecular flexibility index (Phi) is 2.89. The highest BCUT2D eigenvalue weighted by Gasteiger charge is 2.30. The van der Waals surface area contributed by atoms with Gasteiger partial charge in [0.2, 0.25) is 5.79 Å². The van der Waals surface area contributed by atoms with Gasteiger partial charge in [-0.2, -0.15) is 0 Å². The Hall–Kier alpha value is -0.740. The maximum atomic E-state index is 9.55. The first kappa shape index (κ1) is 10.8. The topological polar surface area (TPSA) is 47.9 Å². The zero-order valence-electron chi connectivity index (χ0n) is 9.23. The van der Waals surface area contributed by atoms with Crippen LogP contribution < -0.4 is 0 Å². The maximum absolute atomic E-state index is 9.55. The number of aliphatic hydroxyl groups excluding tert-OH is 1. The minimum atomic E-state index is -0.576. The lowest BCUT2D eigenvalue weighted by Gasteiger charge is -2.18. The van der Waals surface area contributed by atoms with E-state index in [0.29, 0.717) is 24.9 Å². The van der Waals surface area contributed by atoms with Crippen molar-refractivity contribution >= 4 is 0 Å². The summed E-state index contributed by atoms with van der Waals surface area (Å²) in [6, 6.07) is 0. The van der Waals surface area contributed by atoms with Crippen LogP contribution in [0.25, 0.3) is 0 Å². The average molecular weight is 214 g/mol. The van der Waals surface area contributed by atoms with Gasteiger partial charge < -0.3 is 19.3 Å². The van der Waals surface area contributed by atoms with Crippen molar-refractivity contribution in [2.24, 2.45) is 5.92 Å². The molecule has 0 bridgehead atoms. The third kappa shape index (κ3) is 3.11. The molecule has 0 spiro atoms. The van der Waals surface area contributed by atoms with Gasteiger partial charge in [-0.3, -0.25) is 0 Å². The Labute approximate surface area is 89.8 Å². The van der Waals surface area contributed by atoms with Crippen molar-refractivity contribution in [1.82, 2.24) is 0 Å². The molecule has 0 amide bonds. The Bertz CT molecular complexity index is 255. The van der Waals surface area contributed by atoms with Crippen molar-refractivity contribution in [3.05, 3.63) is 12.0 Å². The van der Waals surface area contributed by atoms with Crippen LogP contribution in [0, 0.1) is 5.92 Å². The summed E-state index contributed by atoms with van der Waals surface area (Å²) in [6.07, 6.45) is 3.50. The summed E-state index contributed by atoms with van der Waals surface area (Å²) >= 11 is 0. The Morgan fingerprint density at radius 3 is 2.87 bits per heavy atom. The molecule has 1 aliphatic carbocycles. The first-order chi connectivity index (χ1) is 7.07. The van der Waals surface area contributed by atoms with Gasteiger partial charge in [-0.15, -0.1) is 0 Å². The number of ether oxygens (including phenoxy) is 3. The van der Waals surface area contributed by atoms with Gasteiger partial charge in [0.25, 0.3) is 0 Å². The van der Waals surface area contributed by atoms with E-state index in [2.05, 4.69) is 0 Å². The smallest absolute Gasteiger partial charge is 0.244 e. The normalized spacial score (nSPS) is 25.4. The molecule has 1 heterocycles. The second-order valence-electron chi connectivity index (χ2n) is 4.62. The van der Waals surface area contributed by atoms with Gasteiger partial charge >= 0.3 is 0 Å². The third-order valence-electron chi connectivity index (χ3n) is 2.55. The number of rotatable bonds is 5. The van der Waals surface area contributed by atoms with Gasteiger partial charge in [-0.1, -0.05) is 0 Å². The summed E-state index contributed by atoms with van der Waals surface area (Å²) in [5.74, 6) is 0.563. The molecule has 0 aromatic heterocycles. The molecule has 1 atom stereocenters. The molecule has 1 unspecified atom stereocenters. The SMILES string of the molecule is CC1(C)OC=C(COCC(O)C2CC2)O1. The fourth-order valence-electron chi connectivity index (χ4n) is 1.53. The molecule has 0 aromatic carbocycles. The summed E-state index contributed by atoms with van der Waals surface area (Å²) in [5.41, 5.74) is 0. The van der Waals surface area contributed by atoms with Gasteiger partial charge in [-0.25, -0.2) is 0 Å². The van der Waals surface area contributed by atoms with E-state index in [1.807, 2.05) is 13.8 Å². The second kappa shape index (κ2) is 4.02. The molecule has 4 nitrogen and oxygen atoms in total. The third-order valence-corrected chi connectivity index (χ3v) is 2.55. The Morgan fingerprint density at radius 1 is 1.60 bits per heavy atom. The second-order valence-corrected chi connectivity index (χ2v) is 4.62. The van der Waals surface area contributed by atoms with Crippen molar-refractivity contribution in [3.63, 3.8) is 0 Å². The lowest BCUT2D eigenvalue weighted by Crippen LogP contribution is -2.22. The van der Waals surface area contributed by atoms with Crippen LogP contribution in [0.15, 0.2) is 12.0 Å². The lowest BCUT2D eigenvalue weighted by molar-refractivity contribution is -0.122. The highest BCUT2D eigenvalue weighted by Crippen LogP contribution is 2.32. The fraction of sp³-hybridized carbons (Fsp3) is 0.818. The molecule has 86 valence electrons. The molecular weight excluding hydrogens is 196 g/mol. The molecule has 1 fully saturated rings. The quantitative estimate of drug-likeness (QED) is 0.751. The first-order valence-electron chi connectivity index (χ1n) is 5.38. The molecule has 0 saturated heterocycles. The van der Waals surface area contributed by atoms with Crippen molar-refractivity contribution in [1.29, 1.82) is 0 Å². The summed E-state index contributed by atoms with van der Waals surface area (Å²) in [7, 11) is 0. The van der Waals surface area contributed by atoms with E-state index in [1.165, 1.54) is 0 Å². The molecule has 1 saturated carbocycles. The minimum Gasteiger partial charge on any atom is -0.457 e. The summed E-state index contributed by atoms with van der Waals surface area (Å²) in [6.45, 7) is 4.43. The monoisotopic (exact) mass is 214 g/mol. The van der Waals surface area contributed by atoms with E-state index in [1.54, 1.807) is 6.26 Å². The minimum absolute atomic E-state index is 0.319. The van der Waals surface area contributed by atoms with Crippen LogP contribution >= 0.6 is 0 Å². The van der Waals surface area contributed by atoms with Gasteiger partial charge in [-0.05, 0) is 18.8 Å². The highest BCUT2D eigenvalue weighted by molar-refractivity contribution is 4.95. The van der Waals surface area contributed by atoms with Crippen molar-refractivity contribution in [3.8, 4) is 0 Å². The van der Waals surface area contributed by atoms with Gasteiger partial charge in [0, 0.05) is 13.8 Å². The number of aliphatic hydroxyl groups is 1. The lowest BCUT2D eigenvalue weighted by atomic mass is 10.2. The van der Waals surface area contributed by atoms with Crippen LogP contribution in [0.3, 0.4) is 0 Å². The van der Waals surface area contributed by atoms with Crippen LogP contribution in [0.5, 0.6) is 0 Å². The van der Waals surface area contributed by atoms with Crippen LogP contribution in [0.1, 0.15) is 26.7 Å². The standard InChI is InChI=1S/C11H18O4/c1-11(2)14-6-9(15-11)5-13-7-10(12)8-3-4-8/h6,8,10,12H,3-5,7H2,1-2H3. The van der Waals surface area contributed by atoms with E-state index in [4.69, 9.17) is 14.2 Å². The maximum Gasteiger partial charge on any atom is 0.244 e. The summed E-state index contributed by atoms with van der Waals surface area (Å²) in [4.78, 5) is 0. The Morgan fingerprint density at radius 2 is 2.33 bits per heavy atom. The first-order valence-corrected chi connectivity index (χ1v) is 5.38. The predicted molar refractivity (Wildman–Crippen MR) is 53.9 cm³/mol. The zero-order valence-corrected chi connectivity index (χ0v) is 9.23. The molecule has 0 aromatic rings. The number of hydrogen-bond donors (Lipinski definition) is 1. The van der Waals surface area contributed by atoms with Gasteiger partial charge in [0.15, 0.2) is 5.76 Å². The highest BCUT2D eigenvalue weighted by atomic mass is 16.7. The van der Waals surface area contributed by atoms with Crippen molar-refractivity contribution in [2.45, 2.75) is 38.6 Å². The van der Waals surface area contributed by atoms with Gasteiger partial charge in [0.05, 0.1) is 12.7 Å². The zero-order chi connectivity index (χ0) is 10.9. The molecule has 15 heavy (non-hydrogen) atoms. The molecular formula is C11H18O4. The van der Waals surface area contributed by atoms with Crippen molar-refractivity contribution < 1.29 is 19.3 Å². The van der Waals surface area contributed by atoms with E-state index >= 15 is 0 Å². The average Bonchev–Trinajstić information content (AvgIpc) is 2.92. The Balaban J connectivity index is 1.62. The fourth-order valence-corrected chi connectivity index (χ4v) is 1.53.